The molecule has 0 radical (unpaired) electrons. The highest BCUT2D eigenvalue weighted by Crippen LogP contribution is 2.21. The maximum absolute atomic E-state index is 12.4. The monoisotopic (exact) mass is 319 g/mol. The second kappa shape index (κ2) is 7.38. The van der Waals surface area contributed by atoms with Crippen LogP contribution in [0.25, 0.3) is 0 Å². The summed E-state index contributed by atoms with van der Waals surface area (Å²) in [6.45, 7) is 5.29. The van der Waals surface area contributed by atoms with E-state index in [1.54, 1.807) is 6.20 Å². The first-order chi connectivity index (χ1) is 10.7. The van der Waals surface area contributed by atoms with Gasteiger partial charge in [0, 0.05) is 6.04 Å². The van der Waals surface area contributed by atoms with Crippen molar-refractivity contribution in [3.8, 4) is 0 Å². The number of rotatable bonds is 5. The van der Waals surface area contributed by atoms with Crippen molar-refractivity contribution in [2.75, 3.05) is 13.1 Å². The third kappa shape index (κ3) is 3.96. The van der Waals surface area contributed by atoms with E-state index in [-0.39, 0.29) is 11.9 Å². The van der Waals surface area contributed by atoms with Gasteiger partial charge in [-0.2, -0.15) is 0 Å². The van der Waals surface area contributed by atoms with E-state index in [1.165, 1.54) is 42.6 Å². The van der Waals surface area contributed by atoms with Crippen molar-refractivity contribution >= 4 is 17.2 Å². The van der Waals surface area contributed by atoms with Gasteiger partial charge >= 0.3 is 0 Å². The van der Waals surface area contributed by atoms with Crippen LogP contribution in [0, 0.1) is 0 Å². The van der Waals surface area contributed by atoms with Crippen molar-refractivity contribution in [1.82, 2.24) is 15.2 Å². The summed E-state index contributed by atoms with van der Waals surface area (Å²) < 4.78 is 0. The molecule has 1 saturated heterocycles. The van der Waals surface area contributed by atoms with E-state index in [4.69, 9.17) is 0 Å². The van der Waals surface area contributed by atoms with Crippen LogP contribution in [0.3, 0.4) is 0 Å². The Morgan fingerprint density at radius 1 is 1.36 bits per heavy atom. The van der Waals surface area contributed by atoms with Gasteiger partial charge in [0.25, 0.3) is 5.91 Å². The van der Waals surface area contributed by atoms with Gasteiger partial charge < -0.3 is 5.32 Å². The first kappa shape index (κ1) is 15.7. The number of nitrogens with zero attached hydrogens (tertiary/aromatic N) is 2. The number of carbonyl (C=O) groups excluding carboxylic acids is 1. The Bertz CT molecular complexity index is 546. The lowest BCUT2D eigenvalue weighted by Crippen LogP contribution is -2.34. The Kier molecular flexibility index (Phi) is 5.26. The number of aromatic nitrogens is 1. The minimum atomic E-state index is 0.0177. The number of likely N-dealkylation sites (tertiary alicyclic amines) is 1. The van der Waals surface area contributed by atoms with E-state index in [0.29, 0.717) is 0 Å². The molecule has 1 atom stereocenters. The molecule has 1 amide bonds. The number of carbonyl (C=O) groups is 1. The molecule has 1 fully saturated rings. The minimum Gasteiger partial charge on any atom is -0.345 e. The summed E-state index contributed by atoms with van der Waals surface area (Å²) in [7, 11) is 0. The van der Waals surface area contributed by atoms with Crippen molar-refractivity contribution in [3.63, 3.8) is 0 Å². The lowest BCUT2D eigenvalue weighted by Gasteiger charge is -2.20. The van der Waals surface area contributed by atoms with Crippen LogP contribution in [0.2, 0.25) is 0 Å². The largest absolute Gasteiger partial charge is 0.345 e. The van der Waals surface area contributed by atoms with Crippen LogP contribution >= 0.6 is 11.3 Å². The molecule has 2 aliphatic rings. The third-order valence-electron chi connectivity index (χ3n) is 4.56. The standard InChI is InChI=1S/C17H25N3OS/c1-13(14-7-3-2-4-8-14)19-17(21)15-11-18-16(22-15)12-20-9-5-6-10-20/h7,11,13H,2-6,8-10,12H2,1H3,(H,19,21)/t13-/m1/s1. The zero-order valence-electron chi connectivity index (χ0n) is 13.3. The van der Waals surface area contributed by atoms with E-state index in [0.717, 1.165) is 42.4 Å². The second-order valence-corrected chi connectivity index (χ2v) is 7.44. The summed E-state index contributed by atoms with van der Waals surface area (Å²) in [5.74, 6) is 0.0177. The van der Waals surface area contributed by atoms with Crippen molar-refractivity contribution in [1.29, 1.82) is 0 Å². The van der Waals surface area contributed by atoms with Gasteiger partial charge in [0.1, 0.15) is 9.88 Å². The lowest BCUT2D eigenvalue weighted by molar-refractivity contribution is 0.0948. The average molecular weight is 319 g/mol. The average Bonchev–Trinajstić information content (AvgIpc) is 3.20. The fourth-order valence-electron chi connectivity index (χ4n) is 3.24. The normalized spacial score (nSPS) is 20.7. The number of allylic oxidation sites excluding steroid dienone is 1. The van der Waals surface area contributed by atoms with Crippen molar-refractivity contribution in [3.05, 3.63) is 27.7 Å². The van der Waals surface area contributed by atoms with Crippen LogP contribution in [0.4, 0.5) is 0 Å². The molecule has 1 aromatic heterocycles. The predicted molar refractivity (Wildman–Crippen MR) is 90.1 cm³/mol. The molecule has 0 saturated carbocycles. The zero-order chi connectivity index (χ0) is 15.4. The first-order valence-electron chi connectivity index (χ1n) is 8.39. The molecule has 5 heteroatoms. The maximum Gasteiger partial charge on any atom is 0.263 e. The van der Waals surface area contributed by atoms with Crippen LogP contribution in [0.1, 0.15) is 60.1 Å². The molecule has 1 aromatic rings. The molecule has 120 valence electrons. The molecule has 1 N–H and O–H groups in total. The van der Waals surface area contributed by atoms with Gasteiger partial charge in [-0.25, -0.2) is 4.98 Å². The minimum absolute atomic E-state index is 0.0177. The molecule has 22 heavy (non-hydrogen) atoms. The number of hydrogen-bond acceptors (Lipinski definition) is 4. The topological polar surface area (TPSA) is 45.2 Å². The van der Waals surface area contributed by atoms with Crippen molar-refractivity contribution in [2.45, 2.75) is 58.0 Å². The second-order valence-electron chi connectivity index (χ2n) is 6.32. The molecule has 0 bridgehead atoms. The predicted octanol–water partition coefficient (Wildman–Crippen LogP) is 3.36. The number of amides is 1. The molecule has 2 heterocycles. The van der Waals surface area contributed by atoms with E-state index >= 15 is 0 Å². The summed E-state index contributed by atoms with van der Waals surface area (Å²) in [4.78, 5) is 19.9. The van der Waals surface area contributed by atoms with E-state index in [2.05, 4.69) is 28.2 Å². The van der Waals surface area contributed by atoms with Gasteiger partial charge in [-0.05, 0) is 58.5 Å². The summed E-state index contributed by atoms with van der Waals surface area (Å²) in [6.07, 6.45) is 11.4. The quantitative estimate of drug-likeness (QED) is 0.847. The number of nitrogens with one attached hydrogen (secondary N) is 1. The van der Waals surface area contributed by atoms with Crippen LogP contribution < -0.4 is 5.32 Å². The van der Waals surface area contributed by atoms with Gasteiger partial charge in [-0.15, -0.1) is 11.3 Å². The number of thiazole rings is 1. The van der Waals surface area contributed by atoms with Crippen LogP contribution in [-0.4, -0.2) is 34.9 Å². The zero-order valence-corrected chi connectivity index (χ0v) is 14.1. The van der Waals surface area contributed by atoms with E-state index in [1.807, 2.05) is 0 Å². The maximum atomic E-state index is 12.4. The molecular weight excluding hydrogens is 294 g/mol. The highest BCUT2D eigenvalue weighted by molar-refractivity contribution is 7.13. The molecule has 0 unspecified atom stereocenters. The van der Waals surface area contributed by atoms with Gasteiger partial charge in [0.05, 0.1) is 12.7 Å². The Labute approximate surface area is 136 Å². The summed E-state index contributed by atoms with van der Waals surface area (Å²) >= 11 is 1.53. The fraction of sp³-hybridized carbons (Fsp3) is 0.647. The van der Waals surface area contributed by atoms with Crippen LogP contribution in [-0.2, 0) is 6.54 Å². The molecule has 4 nitrogen and oxygen atoms in total. The van der Waals surface area contributed by atoms with Gasteiger partial charge in [-0.1, -0.05) is 11.6 Å². The fourth-order valence-corrected chi connectivity index (χ4v) is 4.10. The molecule has 1 aliphatic heterocycles. The molecular formula is C17H25N3OS. The van der Waals surface area contributed by atoms with E-state index < -0.39 is 0 Å². The van der Waals surface area contributed by atoms with Gasteiger partial charge in [0.15, 0.2) is 0 Å². The van der Waals surface area contributed by atoms with Gasteiger partial charge in [-0.3, -0.25) is 9.69 Å². The first-order valence-corrected chi connectivity index (χ1v) is 9.21. The summed E-state index contributed by atoms with van der Waals surface area (Å²) in [5, 5.41) is 4.17. The highest BCUT2D eigenvalue weighted by Gasteiger charge is 2.18. The SMILES string of the molecule is C[C@@H](NC(=O)c1cnc(CN2CCCC2)s1)C1=CCCCC1. The van der Waals surface area contributed by atoms with Crippen molar-refractivity contribution in [2.24, 2.45) is 0 Å². The smallest absolute Gasteiger partial charge is 0.263 e. The van der Waals surface area contributed by atoms with Crippen LogP contribution in [0.15, 0.2) is 17.8 Å². The summed E-state index contributed by atoms with van der Waals surface area (Å²) in [6, 6.07) is 0.136. The van der Waals surface area contributed by atoms with Gasteiger partial charge in [0.2, 0.25) is 0 Å². The third-order valence-corrected chi connectivity index (χ3v) is 5.55. The highest BCUT2D eigenvalue weighted by atomic mass is 32.1. The lowest BCUT2D eigenvalue weighted by atomic mass is 9.95. The molecule has 3 rings (SSSR count). The van der Waals surface area contributed by atoms with E-state index in [9.17, 15) is 4.79 Å². The Morgan fingerprint density at radius 2 is 2.18 bits per heavy atom. The number of hydrogen-bond donors (Lipinski definition) is 1. The molecule has 1 aliphatic carbocycles. The van der Waals surface area contributed by atoms with Crippen LogP contribution in [0.5, 0.6) is 0 Å². The Hall–Kier alpha value is -1.20. The van der Waals surface area contributed by atoms with Crippen molar-refractivity contribution < 1.29 is 4.79 Å². The Balaban J connectivity index is 1.55. The molecule has 0 aromatic carbocycles. The summed E-state index contributed by atoms with van der Waals surface area (Å²) in [5.41, 5.74) is 1.38. The molecule has 0 spiro atoms. The Morgan fingerprint density at radius 3 is 2.91 bits per heavy atom.